The number of rotatable bonds is 78. The molecule has 3 N–H and O–H groups in total. The lowest BCUT2D eigenvalue weighted by Crippen LogP contribution is -2.30. The summed E-state index contributed by atoms with van der Waals surface area (Å²) in [7, 11) is -9.98. The number of phosphoric acid groups is 2. The molecule has 0 aromatic carbocycles. The lowest BCUT2D eigenvalue weighted by atomic mass is 10.1. The van der Waals surface area contributed by atoms with E-state index in [9.17, 15) is 43.2 Å². The molecule has 104 heavy (non-hydrogen) atoms. The maximum atomic E-state index is 13.1. The van der Waals surface area contributed by atoms with Crippen LogP contribution in [0.1, 0.15) is 362 Å². The summed E-state index contributed by atoms with van der Waals surface area (Å²) in [5.74, 6) is -2.28. The van der Waals surface area contributed by atoms with E-state index in [0.29, 0.717) is 32.1 Å². The minimum Gasteiger partial charge on any atom is -0.462 e. The van der Waals surface area contributed by atoms with Crippen LogP contribution in [-0.2, 0) is 65.4 Å². The fraction of sp³-hybridized carbons (Fsp3) is 0.765. The van der Waals surface area contributed by atoms with Crippen molar-refractivity contribution in [2.24, 2.45) is 0 Å². The quantitative estimate of drug-likeness (QED) is 0.0169. The highest BCUT2D eigenvalue weighted by Crippen LogP contribution is 2.45. The Morgan fingerprint density at radius 3 is 0.817 bits per heavy atom. The van der Waals surface area contributed by atoms with E-state index < -0.39 is 97.5 Å². The van der Waals surface area contributed by atoms with E-state index >= 15 is 0 Å². The highest BCUT2D eigenvalue weighted by atomic mass is 31.2. The van der Waals surface area contributed by atoms with Crippen LogP contribution in [0.5, 0.6) is 0 Å². The maximum Gasteiger partial charge on any atom is 0.472 e. The molecule has 0 aliphatic carbocycles. The number of aliphatic hydroxyl groups is 1. The third-order valence-electron chi connectivity index (χ3n) is 17.5. The molecule has 0 fully saturated rings. The Morgan fingerprint density at radius 2 is 0.490 bits per heavy atom. The van der Waals surface area contributed by atoms with Crippen molar-refractivity contribution in [2.75, 3.05) is 39.6 Å². The molecule has 0 spiro atoms. The van der Waals surface area contributed by atoms with Gasteiger partial charge in [-0.05, 0) is 141 Å². The molecule has 0 aromatic rings. The molecule has 5 atom stereocenters. The van der Waals surface area contributed by atoms with Crippen molar-refractivity contribution >= 4 is 39.5 Å². The average molecular weight is 1510 g/mol. The van der Waals surface area contributed by atoms with Crippen molar-refractivity contribution in [1.29, 1.82) is 0 Å². The molecule has 2 unspecified atom stereocenters. The number of allylic oxidation sites excluding steroid dienone is 16. The van der Waals surface area contributed by atoms with E-state index in [-0.39, 0.29) is 25.7 Å². The molecule has 0 rings (SSSR count). The summed E-state index contributed by atoms with van der Waals surface area (Å²) in [6.45, 7) is 4.77. The smallest absolute Gasteiger partial charge is 0.462 e. The number of aliphatic hydroxyl groups excluding tert-OH is 1. The maximum absolute atomic E-state index is 13.1. The third-order valence-corrected chi connectivity index (χ3v) is 19.4. The molecular formula is C85H150O17P2. The molecule has 602 valence electrons. The Bertz CT molecular complexity index is 2350. The number of phosphoric ester groups is 2. The van der Waals surface area contributed by atoms with Crippen molar-refractivity contribution in [3.8, 4) is 0 Å². The van der Waals surface area contributed by atoms with Crippen molar-refractivity contribution in [2.45, 2.75) is 380 Å². The van der Waals surface area contributed by atoms with Crippen LogP contribution in [0.3, 0.4) is 0 Å². The summed E-state index contributed by atoms with van der Waals surface area (Å²) < 4.78 is 68.6. The third kappa shape index (κ3) is 76.2. The molecule has 0 saturated carbocycles. The van der Waals surface area contributed by atoms with E-state index in [2.05, 4.69) is 107 Å². The molecule has 0 amide bonds. The van der Waals surface area contributed by atoms with Crippen molar-refractivity contribution in [1.82, 2.24) is 0 Å². The number of hydrogen-bond donors (Lipinski definition) is 3. The monoisotopic (exact) mass is 1510 g/mol. The average Bonchev–Trinajstić information content (AvgIpc) is 0.943. The Hall–Kier alpha value is -4.02. The number of unbranched alkanes of at least 4 members (excludes halogenated alkanes) is 36. The van der Waals surface area contributed by atoms with Crippen LogP contribution in [0.2, 0.25) is 0 Å². The number of carbonyl (C=O) groups is 4. The van der Waals surface area contributed by atoms with Crippen LogP contribution in [0.25, 0.3) is 0 Å². The zero-order chi connectivity index (χ0) is 76.0. The first-order chi connectivity index (χ1) is 50.7. The predicted octanol–water partition coefficient (Wildman–Crippen LogP) is 24.3. The summed E-state index contributed by atoms with van der Waals surface area (Å²) in [6.07, 6.45) is 82.5. The van der Waals surface area contributed by atoms with Crippen LogP contribution in [-0.4, -0.2) is 96.7 Å². The molecule has 0 aromatic heterocycles. The molecule has 0 bridgehead atoms. The Balaban J connectivity index is 5.43. The van der Waals surface area contributed by atoms with Gasteiger partial charge in [0.1, 0.15) is 19.3 Å². The van der Waals surface area contributed by atoms with Gasteiger partial charge in [-0.25, -0.2) is 9.13 Å². The van der Waals surface area contributed by atoms with Crippen molar-refractivity contribution < 1.29 is 80.2 Å². The zero-order valence-electron chi connectivity index (χ0n) is 65.9. The van der Waals surface area contributed by atoms with Gasteiger partial charge in [0.25, 0.3) is 0 Å². The Kier molecular flexibility index (Phi) is 74.2. The normalized spacial score (nSPS) is 14.3. The minimum absolute atomic E-state index is 0.0295. The predicted molar refractivity (Wildman–Crippen MR) is 427 cm³/mol. The summed E-state index contributed by atoms with van der Waals surface area (Å²) in [5.41, 5.74) is 0. The van der Waals surface area contributed by atoms with E-state index in [4.69, 9.17) is 37.0 Å². The molecular weight excluding hydrogens is 1350 g/mol. The minimum atomic E-state index is -5.00. The Labute approximate surface area is 633 Å². The Morgan fingerprint density at radius 1 is 0.269 bits per heavy atom. The van der Waals surface area contributed by atoms with E-state index in [1.54, 1.807) is 0 Å². The first-order valence-corrected chi connectivity index (χ1v) is 44.5. The second-order valence-electron chi connectivity index (χ2n) is 27.7. The van der Waals surface area contributed by atoms with Crippen LogP contribution < -0.4 is 0 Å². The van der Waals surface area contributed by atoms with Crippen LogP contribution in [0.4, 0.5) is 0 Å². The molecule has 0 radical (unpaired) electrons. The van der Waals surface area contributed by atoms with Crippen molar-refractivity contribution in [3.05, 3.63) is 97.2 Å². The van der Waals surface area contributed by atoms with Gasteiger partial charge < -0.3 is 33.8 Å². The fourth-order valence-electron chi connectivity index (χ4n) is 11.1. The van der Waals surface area contributed by atoms with E-state index in [1.807, 2.05) is 18.2 Å². The summed E-state index contributed by atoms with van der Waals surface area (Å²) >= 11 is 0. The fourth-order valence-corrected chi connectivity index (χ4v) is 12.7. The molecule has 0 saturated heterocycles. The van der Waals surface area contributed by atoms with Gasteiger partial charge in [0, 0.05) is 25.7 Å². The molecule has 0 heterocycles. The summed E-state index contributed by atoms with van der Waals surface area (Å²) in [4.78, 5) is 73.1. The van der Waals surface area contributed by atoms with Gasteiger partial charge in [-0.1, -0.05) is 292 Å². The zero-order valence-corrected chi connectivity index (χ0v) is 67.7. The van der Waals surface area contributed by atoms with Gasteiger partial charge >= 0.3 is 39.5 Å². The van der Waals surface area contributed by atoms with Crippen LogP contribution in [0, 0.1) is 0 Å². The van der Waals surface area contributed by atoms with Gasteiger partial charge in [-0.3, -0.25) is 37.3 Å². The van der Waals surface area contributed by atoms with Gasteiger partial charge in [0.2, 0.25) is 0 Å². The van der Waals surface area contributed by atoms with Gasteiger partial charge in [0.15, 0.2) is 12.2 Å². The second kappa shape index (κ2) is 77.1. The summed E-state index contributed by atoms with van der Waals surface area (Å²) in [5, 5.41) is 10.6. The topological polar surface area (TPSA) is 237 Å². The number of ether oxygens (including phenoxy) is 4. The molecule has 19 heteroatoms. The number of esters is 4. The van der Waals surface area contributed by atoms with Crippen molar-refractivity contribution in [3.63, 3.8) is 0 Å². The first kappa shape index (κ1) is 100.0. The van der Waals surface area contributed by atoms with Gasteiger partial charge in [-0.2, -0.15) is 0 Å². The lowest BCUT2D eigenvalue weighted by molar-refractivity contribution is -0.161. The summed E-state index contributed by atoms with van der Waals surface area (Å²) in [6, 6.07) is 0. The van der Waals surface area contributed by atoms with Crippen LogP contribution in [0.15, 0.2) is 97.2 Å². The van der Waals surface area contributed by atoms with Gasteiger partial charge in [0.05, 0.1) is 26.4 Å². The largest absolute Gasteiger partial charge is 0.472 e. The highest BCUT2D eigenvalue weighted by molar-refractivity contribution is 7.47. The molecule has 17 nitrogen and oxygen atoms in total. The second-order valence-corrected chi connectivity index (χ2v) is 30.6. The van der Waals surface area contributed by atoms with E-state index in [1.165, 1.54) is 135 Å². The highest BCUT2D eigenvalue weighted by Gasteiger charge is 2.30. The number of hydrogen-bond acceptors (Lipinski definition) is 15. The van der Waals surface area contributed by atoms with E-state index in [0.717, 1.165) is 141 Å². The molecule has 0 aliphatic heterocycles. The standard InChI is InChI=1S/C85H150O17P2/c1-5-9-13-17-21-25-29-33-37-38-39-40-44-48-52-56-60-64-68-72-85(90)102-81(76-96-83(88)70-66-62-58-54-50-46-42-35-31-27-23-19-15-11-7-3)78-100-104(93,94)98-74-79(86)73-97-103(91,92)99-77-80(101-84(89)71-67-63-59-55-51-47-43-36-32-28-24-20-16-12-8-4)75-95-82(87)69-65-61-57-53-49-45-41-34-30-26-22-18-14-10-6-2/h21,25-26,30,33,35-37,39-40,42-43,48,52,60,64,79-81,86H,5-20,22-24,27-29,31-32,34,38,41,44-47,49-51,53-59,61-63,65-78H2,1-4H3,(H,91,92)(H,93,94)/b25-21-,30-26-,37-33-,40-39-,42-35-,43-36-,52-48-,64-60-/t79-,80+,81+/m0/s1. The molecule has 0 aliphatic rings. The lowest BCUT2D eigenvalue weighted by Gasteiger charge is -2.21. The first-order valence-electron chi connectivity index (χ1n) is 41.5. The SMILES string of the molecule is CCCCC/C=C\C/C=C\C/C=C\C/C=C\C/C=C\CCC(=O)O[C@H](COC(=O)CCCCCCC/C=C\CCCCCCCC)COP(=O)(O)OC[C@@H](O)COP(=O)(O)OC[C@@H](COC(=O)CCCCCCCCC/C=C\CCCCCC)OC(=O)CCCCCCC/C=C\CCCCCCCC. The van der Waals surface area contributed by atoms with Crippen LogP contribution >= 0.6 is 15.6 Å². The van der Waals surface area contributed by atoms with Gasteiger partial charge in [-0.15, -0.1) is 0 Å². The number of carbonyl (C=O) groups excluding carboxylic acids is 4.